The highest BCUT2D eigenvalue weighted by atomic mass is 16.6. The molecular formula is C19H28N2O3. The fourth-order valence-electron chi connectivity index (χ4n) is 4.12. The van der Waals surface area contributed by atoms with Crippen LogP contribution in [0.2, 0.25) is 0 Å². The molecule has 2 aliphatic rings. The van der Waals surface area contributed by atoms with Crippen molar-refractivity contribution in [3.05, 3.63) is 30.1 Å². The third-order valence-corrected chi connectivity index (χ3v) is 4.93. The number of ether oxygens (including phenoxy) is 1. The first kappa shape index (κ1) is 17.2. The van der Waals surface area contributed by atoms with E-state index in [1.807, 2.05) is 43.9 Å². The highest BCUT2D eigenvalue weighted by Crippen LogP contribution is 2.41. The number of carbonyl (C=O) groups excluding carboxylic acids is 1. The molecule has 3 heterocycles. The average molecular weight is 332 g/mol. The SMILES string of the molecule is CC(C)(C)OC(=O)N1C2CCCC1CC(O)(Cc1ccccn1)C2. The van der Waals surface area contributed by atoms with Crippen LogP contribution in [0.5, 0.6) is 0 Å². The van der Waals surface area contributed by atoms with Crippen LogP contribution in [0.15, 0.2) is 24.4 Å². The molecule has 2 fully saturated rings. The lowest BCUT2D eigenvalue weighted by Crippen LogP contribution is -2.61. The largest absolute Gasteiger partial charge is 0.444 e. The van der Waals surface area contributed by atoms with E-state index < -0.39 is 11.2 Å². The Kier molecular flexibility index (Phi) is 4.56. The van der Waals surface area contributed by atoms with Crippen molar-refractivity contribution >= 4 is 6.09 Å². The van der Waals surface area contributed by atoms with E-state index in [0.29, 0.717) is 19.3 Å². The predicted octanol–water partition coefficient (Wildman–Crippen LogP) is 3.31. The molecule has 1 aromatic rings. The van der Waals surface area contributed by atoms with E-state index >= 15 is 0 Å². The van der Waals surface area contributed by atoms with Crippen LogP contribution in [0.3, 0.4) is 0 Å². The Hall–Kier alpha value is -1.62. The van der Waals surface area contributed by atoms with Gasteiger partial charge < -0.3 is 14.7 Å². The van der Waals surface area contributed by atoms with Gasteiger partial charge in [-0.1, -0.05) is 6.07 Å². The molecule has 1 aromatic heterocycles. The van der Waals surface area contributed by atoms with E-state index in [9.17, 15) is 9.90 Å². The Morgan fingerprint density at radius 3 is 2.54 bits per heavy atom. The summed E-state index contributed by atoms with van der Waals surface area (Å²) in [6, 6.07) is 5.89. The second kappa shape index (κ2) is 6.36. The van der Waals surface area contributed by atoms with E-state index in [-0.39, 0.29) is 18.2 Å². The first-order valence-corrected chi connectivity index (χ1v) is 8.89. The molecule has 5 nitrogen and oxygen atoms in total. The zero-order chi connectivity index (χ0) is 17.4. The third-order valence-electron chi connectivity index (χ3n) is 4.93. The van der Waals surface area contributed by atoms with Crippen molar-refractivity contribution in [3.8, 4) is 0 Å². The summed E-state index contributed by atoms with van der Waals surface area (Å²) < 4.78 is 5.59. The molecule has 1 amide bonds. The Morgan fingerprint density at radius 2 is 2.00 bits per heavy atom. The lowest BCUT2D eigenvalue weighted by Gasteiger charge is -2.51. The molecule has 132 valence electrons. The second-order valence-corrected chi connectivity index (χ2v) is 8.26. The summed E-state index contributed by atoms with van der Waals surface area (Å²) in [4.78, 5) is 18.8. The normalized spacial score (nSPS) is 30.1. The van der Waals surface area contributed by atoms with E-state index in [0.717, 1.165) is 25.0 Å². The van der Waals surface area contributed by atoms with Gasteiger partial charge in [0.15, 0.2) is 0 Å². The smallest absolute Gasteiger partial charge is 0.410 e. The second-order valence-electron chi connectivity index (χ2n) is 8.26. The fraction of sp³-hybridized carbons (Fsp3) is 0.684. The van der Waals surface area contributed by atoms with Gasteiger partial charge in [0.1, 0.15) is 5.60 Å². The number of fused-ring (bicyclic) bond motifs is 2. The van der Waals surface area contributed by atoms with E-state index in [2.05, 4.69) is 4.98 Å². The van der Waals surface area contributed by atoms with Gasteiger partial charge in [0, 0.05) is 30.4 Å². The van der Waals surface area contributed by atoms with Crippen molar-refractivity contribution in [2.24, 2.45) is 0 Å². The van der Waals surface area contributed by atoms with Crippen molar-refractivity contribution in [2.75, 3.05) is 0 Å². The summed E-state index contributed by atoms with van der Waals surface area (Å²) >= 11 is 0. The highest BCUT2D eigenvalue weighted by Gasteiger charge is 2.48. The van der Waals surface area contributed by atoms with Crippen LogP contribution in [0.4, 0.5) is 4.79 Å². The predicted molar refractivity (Wildman–Crippen MR) is 91.6 cm³/mol. The van der Waals surface area contributed by atoms with Crippen LogP contribution in [0.1, 0.15) is 58.6 Å². The van der Waals surface area contributed by atoms with Gasteiger partial charge in [-0.15, -0.1) is 0 Å². The van der Waals surface area contributed by atoms with Gasteiger partial charge in [0.05, 0.1) is 5.60 Å². The van der Waals surface area contributed by atoms with Crippen LogP contribution in [-0.2, 0) is 11.2 Å². The number of rotatable bonds is 2. The molecule has 2 unspecified atom stereocenters. The number of piperidine rings is 2. The number of hydrogen-bond donors (Lipinski definition) is 1. The van der Waals surface area contributed by atoms with Gasteiger partial charge in [-0.2, -0.15) is 0 Å². The minimum absolute atomic E-state index is 0.0565. The summed E-state index contributed by atoms with van der Waals surface area (Å²) in [5.41, 5.74) is -0.376. The van der Waals surface area contributed by atoms with Crippen molar-refractivity contribution < 1.29 is 14.6 Å². The summed E-state index contributed by atoms with van der Waals surface area (Å²) in [7, 11) is 0. The van der Waals surface area contributed by atoms with Gasteiger partial charge in [-0.3, -0.25) is 4.98 Å². The molecule has 2 saturated heterocycles. The van der Waals surface area contributed by atoms with Crippen molar-refractivity contribution in [1.29, 1.82) is 0 Å². The van der Waals surface area contributed by atoms with Gasteiger partial charge in [0.2, 0.25) is 0 Å². The molecule has 2 aliphatic heterocycles. The zero-order valence-corrected chi connectivity index (χ0v) is 14.9. The molecule has 0 radical (unpaired) electrons. The standard InChI is InChI=1S/C19H28N2O3/c1-18(2,3)24-17(22)21-15-8-6-9-16(21)13-19(23,12-15)11-14-7-4-5-10-20-14/h4-5,7,10,15-16,23H,6,8-9,11-13H2,1-3H3. The van der Waals surface area contributed by atoms with Crippen LogP contribution >= 0.6 is 0 Å². The molecule has 0 aromatic carbocycles. The average Bonchev–Trinajstić information content (AvgIpc) is 2.45. The maximum atomic E-state index is 12.6. The number of amides is 1. The summed E-state index contributed by atoms with van der Waals surface area (Å²) in [6.07, 6.45) is 6.23. The Bertz CT molecular complexity index is 568. The molecule has 0 spiro atoms. The lowest BCUT2D eigenvalue weighted by atomic mass is 9.74. The quantitative estimate of drug-likeness (QED) is 0.902. The summed E-state index contributed by atoms with van der Waals surface area (Å²) in [5, 5.41) is 11.1. The molecule has 5 heteroatoms. The highest BCUT2D eigenvalue weighted by molar-refractivity contribution is 5.69. The molecule has 3 rings (SSSR count). The molecular weight excluding hydrogens is 304 g/mol. The van der Waals surface area contributed by atoms with Crippen molar-refractivity contribution in [2.45, 2.75) is 82.6 Å². The Labute approximate surface area is 144 Å². The first-order valence-electron chi connectivity index (χ1n) is 8.89. The number of pyridine rings is 1. The number of carbonyl (C=O) groups is 1. The summed E-state index contributed by atoms with van der Waals surface area (Å²) in [6.45, 7) is 5.67. The lowest BCUT2D eigenvalue weighted by molar-refractivity contribution is -0.0922. The van der Waals surface area contributed by atoms with Gasteiger partial charge >= 0.3 is 6.09 Å². The monoisotopic (exact) mass is 332 g/mol. The summed E-state index contributed by atoms with van der Waals surface area (Å²) in [5.74, 6) is 0. The minimum Gasteiger partial charge on any atom is -0.444 e. The van der Waals surface area contributed by atoms with Gasteiger partial charge in [-0.25, -0.2) is 4.79 Å². The topological polar surface area (TPSA) is 62.7 Å². The molecule has 0 saturated carbocycles. The fourth-order valence-corrected chi connectivity index (χ4v) is 4.12. The van der Waals surface area contributed by atoms with Gasteiger partial charge in [0.25, 0.3) is 0 Å². The van der Waals surface area contributed by atoms with Gasteiger partial charge in [-0.05, 0) is 65.0 Å². The maximum Gasteiger partial charge on any atom is 0.410 e. The van der Waals surface area contributed by atoms with Crippen LogP contribution in [-0.4, -0.2) is 44.4 Å². The Balaban J connectivity index is 1.74. The maximum absolute atomic E-state index is 12.6. The molecule has 2 bridgehead atoms. The molecule has 1 N–H and O–H groups in total. The number of aromatic nitrogens is 1. The Morgan fingerprint density at radius 1 is 1.33 bits per heavy atom. The van der Waals surface area contributed by atoms with E-state index in [1.165, 1.54) is 0 Å². The van der Waals surface area contributed by atoms with Crippen molar-refractivity contribution in [3.63, 3.8) is 0 Å². The molecule has 24 heavy (non-hydrogen) atoms. The van der Waals surface area contributed by atoms with Crippen LogP contribution < -0.4 is 0 Å². The molecule has 2 atom stereocenters. The third kappa shape index (κ3) is 3.89. The number of hydrogen-bond acceptors (Lipinski definition) is 4. The zero-order valence-electron chi connectivity index (χ0n) is 14.9. The van der Waals surface area contributed by atoms with Crippen LogP contribution in [0, 0.1) is 0 Å². The first-order chi connectivity index (χ1) is 11.3. The van der Waals surface area contributed by atoms with Crippen molar-refractivity contribution in [1.82, 2.24) is 9.88 Å². The van der Waals surface area contributed by atoms with Crippen LogP contribution in [0.25, 0.3) is 0 Å². The molecule has 0 aliphatic carbocycles. The number of aliphatic hydroxyl groups is 1. The minimum atomic E-state index is -0.789. The number of nitrogens with zero attached hydrogens (tertiary/aromatic N) is 2. The van der Waals surface area contributed by atoms with E-state index in [4.69, 9.17) is 4.74 Å². The van der Waals surface area contributed by atoms with E-state index in [1.54, 1.807) is 6.20 Å².